The quantitative estimate of drug-likeness (QED) is 0.207. The third kappa shape index (κ3) is 3.61. The lowest BCUT2D eigenvalue weighted by Crippen LogP contribution is -1.91. The van der Waals surface area contributed by atoms with E-state index in [1.54, 1.807) is 0 Å². The largest absolute Gasteiger partial charge is 0.0629 e. The second kappa shape index (κ2) is 9.22. The minimum atomic E-state index is -0.387. The van der Waals surface area contributed by atoms with Gasteiger partial charge in [-0.2, -0.15) is 0 Å². The zero-order valence-corrected chi connectivity index (χ0v) is 21.6. The molecule has 8 aromatic rings. The van der Waals surface area contributed by atoms with Crippen molar-refractivity contribution in [2.24, 2.45) is 0 Å². The molecule has 186 valence electrons. The Kier molecular flexibility index (Phi) is 4.18. The first-order valence-electron chi connectivity index (χ1n) is 16.0. The average Bonchev–Trinajstić information content (AvgIpc) is 3.08. The fourth-order valence-corrected chi connectivity index (χ4v) is 6.13. The van der Waals surface area contributed by atoms with E-state index in [2.05, 4.69) is 109 Å². The molecule has 0 nitrogen and oxygen atoms in total. The maximum absolute atomic E-state index is 8.51. The first-order valence-corrected chi connectivity index (χ1v) is 13.5. The van der Waals surface area contributed by atoms with Gasteiger partial charge in [0.1, 0.15) is 0 Å². The summed E-state index contributed by atoms with van der Waals surface area (Å²) < 4.78 is 41.3. The Balaban J connectivity index is 1.41. The smallest absolute Gasteiger partial charge is 0.0622 e. The van der Waals surface area contributed by atoms with Crippen molar-refractivity contribution < 1.29 is 6.85 Å². The second-order valence-corrected chi connectivity index (χ2v) is 10.1. The third-order valence-corrected chi connectivity index (χ3v) is 7.91. The Bertz CT molecular complexity index is 2400. The summed E-state index contributed by atoms with van der Waals surface area (Å²) in [6.45, 7) is 0. The van der Waals surface area contributed by atoms with Crippen molar-refractivity contribution in [1.82, 2.24) is 0 Å². The molecule has 0 N–H and O–H groups in total. The van der Waals surface area contributed by atoms with E-state index in [0.29, 0.717) is 5.56 Å². The minimum Gasteiger partial charge on any atom is -0.0622 e. The van der Waals surface area contributed by atoms with Crippen LogP contribution in [-0.4, -0.2) is 0 Å². The summed E-state index contributed by atoms with van der Waals surface area (Å²) in [6.07, 6.45) is 0. The Morgan fingerprint density at radius 1 is 0.350 bits per heavy atom. The highest BCUT2D eigenvalue weighted by Gasteiger charge is 2.18. The first-order chi connectivity index (χ1) is 21.9. The summed E-state index contributed by atoms with van der Waals surface area (Å²) in [4.78, 5) is 0. The van der Waals surface area contributed by atoms with Crippen LogP contribution in [0.2, 0.25) is 0 Å². The van der Waals surface area contributed by atoms with Gasteiger partial charge >= 0.3 is 0 Å². The maximum Gasteiger partial charge on any atom is 0.0629 e. The Morgan fingerprint density at radius 3 is 1.60 bits per heavy atom. The van der Waals surface area contributed by atoms with Crippen molar-refractivity contribution in [2.45, 2.75) is 0 Å². The van der Waals surface area contributed by atoms with Crippen molar-refractivity contribution >= 4 is 43.1 Å². The standard InChI is InChI=1S/C40H26/c1-2-11-27(12-3-1)30-23-21-28-22-24-31(26-32(28)25-30)39-35-16-6-8-18-37(35)40(38-19-9-7-17-36(38)39)34-20-10-14-29-13-4-5-15-33(29)34/h1-26H/i1D,2D,3D,11D,12D. The van der Waals surface area contributed by atoms with Crippen LogP contribution in [0.3, 0.4) is 0 Å². The highest BCUT2D eigenvalue weighted by Crippen LogP contribution is 2.45. The molecule has 0 saturated carbocycles. The van der Waals surface area contributed by atoms with Crippen LogP contribution in [0.5, 0.6) is 0 Å². The predicted molar refractivity (Wildman–Crippen MR) is 173 cm³/mol. The maximum atomic E-state index is 8.51. The number of benzene rings is 8. The molecule has 0 spiro atoms. The highest BCUT2D eigenvalue weighted by molar-refractivity contribution is 6.23. The van der Waals surface area contributed by atoms with Gasteiger partial charge in [-0.05, 0) is 88.6 Å². The molecule has 0 radical (unpaired) electrons. The molecule has 0 heterocycles. The SMILES string of the molecule is [2H]c1c([2H])c([2H])c(-c2ccc3ccc(-c4c5ccccc5c(-c5cccc6ccccc56)c5ccccc45)cc3c2)c([2H])c1[2H]. The van der Waals surface area contributed by atoms with E-state index in [-0.39, 0.29) is 35.8 Å². The zero-order valence-electron chi connectivity index (χ0n) is 26.6. The molecule has 0 aliphatic rings. The number of hydrogen-bond donors (Lipinski definition) is 0. The summed E-state index contributed by atoms with van der Waals surface area (Å²) in [7, 11) is 0. The monoisotopic (exact) mass is 511 g/mol. The van der Waals surface area contributed by atoms with E-state index in [4.69, 9.17) is 6.85 Å². The van der Waals surface area contributed by atoms with Crippen LogP contribution in [0.1, 0.15) is 6.85 Å². The number of fused-ring (bicyclic) bond motifs is 4. The van der Waals surface area contributed by atoms with E-state index < -0.39 is 0 Å². The number of rotatable bonds is 3. The fourth-order valence-electron chi connectivity index (χ4n) is 6.13. The van der Waals surface area contributed by atoms with Gasteiger partial charge in [-0.1, -0.05) is 145 Å². The molecule has 0 atom stereocenters. The summed E-state index contributed by atoms with van der Waals surface area (Å²) in [6, 6.07) is 42.9. The van der Waals surface area contributed by atoms with Crippen LogP contribution >= 0.6 is 0 Å². The number of hydrogen-bond acceptors (Lipinski definition) is 0. The molecule has 0 saturated heterocycles. The molecule has 0 bridgehead atoms. The molecule has 0 amide bonds. The van der Waals surface area contributed by atoms with Crippen LogP contribution in [0.25, 0.3) is 76.5 Å². The molecular formula is C40H26. The molecular weight excluding hydrogens is 480 g/mol. The lowest BCUT2D eigenvalue weighted by molar-refractivity contribution is 1.64. The molecule has 0 heteroatoms. The van der Waals surface area contributed by atoms with Gasteiger partial charge in [0.05, 0.1) is 6.85 Å². The van der Waals surface area contributed by atoms with Crippen molar-refractivity contribution in [1.29, 1.82) is 0 Å². The van der Waals surface area contributed by atoms with Crippen LogP contribution in [0, 0.1) is 0 Å². The lowest BCUT2D eigenvalue weighted by atomic mass is 9.84. The summed E-state index contributed by atoms with van der Waals surface area (Å²) in [5.74, 6) is 0. The minimum absolute atomic E-state index is 0.197. The van der Waals surface area contributed by atoms with Gasteiger partial charge in [-0.15, -0.1) is 0 Å². The summed E-state index contributed by atoms with van der Waals surface area (Å²) >= 11 is 0. The lowest BCUT2D eigenvalue weighted by Gasteiger charge is -2.19. The zero-order chi connectivity index (χ0) is 30.8. The topological polar surface area (TPSA) is 0 Å². The average molecular weight is 512 g/mol. The Morgan fingerprint density at radius 2 is 0.900 bits per heavy atom. The van der Waals surface area contributed by atoms with Crippen molar-refractivity contribution in [2.75, 3.05) is 0 Å². The fraction of sp³-hybridized carbons (Fsp3) is 0. The molecule has 0 aromatic heterocycles. The van der Waals surface area contributed by atoms with Crippen molar-refractivity contribution in [3.63, 3.8) is 0 Å². The Hall–Kier alpha value is -5.20. The van der Waals surface area contributed by atoms with Gasteiger partial charge in [-0.25, -0.2) is 0 Å². The molecule has 8 aromatic carbocycles. The van der Waals surface area contributed by atoms with Crippen LogP contribution in [-0.2, 0) is 0 Å². The van der Waals surface area contributed by atoms with Crippen molar-refractivity contribution in [3.05, 3.63) is 158 Å². The van der Waals surface area contributed by atoms with Gasteiger partial charge in [0.25, 0.3) is 0 Å². The molecule has 0 fully saturated rings. The van der Waals surface area contributed by atoms with E-state index in [1.165, 1.54) is 32.7 Å². The highest BCUT2D eigenvalue weighted by atomic mass is 14.2. The normalized spacial score (nSPS) is 13.2. The second-order valence-electron chi connectivity index (χ2n) is 10.1. The van der Waals surface area contributed by atoms with E-state index in [9.17, 15) is 0 Å². The van der Waals surface area contributed by atoms with E-state index >= 15 is 0 Å². The van der Waals surface area contributed by atoms with Crippen LogP contribution in [0.4, 0.5) is 0 Å². The van der Waals surface area contributed by atoms with Crippen LogP contribution in [0.15, 0.2) is 158 Å². The van der Waals surface area contributed by atoms with Gasteiger partial charge in [0.15, 0.2) is 0 Å². The van der Waals surface area contributed by atoms with Gasteiger partial charge in [0.2, 0.25) is 0 Å². The van der Waals surface area contributed by atoms with E-state index in [0.717, 1.165) is 32.7 Å². The predicted octanol–water partition coefficient (Wildman–Crippen LogP) is 11.3. The molecule has 0 aliphatic heterocycles. The van der Waals surface area contributed by atoms with Crippen molar-refractivity contribution in [3.8, 4) is 33.4 Å². The molecule has 8 rings (SSSR count). The van der Waals surface area contributed by atoms with Gasteiger partial charge in [-0.3, -0.25) is 0 Å². The summed E-state index contributed by atoms with van der Waals surface area (Å²) in [5.41, 5.74) is 5.42. The van der Waals surface area contributed by atoms with Gasteiger partial charge < -0.3 is 0 Å². The van der Waals surface area contributed by atoms with Crippen LogP contribution < -0.4 is 0 Å². The first kappa shape index (κ1) is 18.2. The third-order valence-electron chi connectivity index (χ3n) is 7.91. The van der Waals surface area contributed by atoms with Gasteiger partial charge in [0, 0.05) is 0 Å². The van der Waals surface area contributed by atoms with E-state index in [1.807, 2.05) is 18.2 Å². The molecule has 0 unspecified atom stereocenters. The molecule has 40 heavy (non-hydrogen) atoms. The summed E-state index contributed by atoms with van der Waals surface area (Å²) in [5, 5.41) is 9.02. The Labute approximate surface area is 240 Å². The molecule has 0 aliphatic carbocycles.